The third-order valence-corrected chi connectivity index (χ3v) is 6.44. The van der Waals surface area contributed by atoms with Crippen LogP contribution >= 0.6 is 0 Å². The summed E-state index contributed by atoms with van der Waals surface area (Å²) in [7, 11) is 1.87. The Balaban J connectivity index is 1.60. The van der Waals surface area contributed by atoms with Gasteiger partial charge in [0.2, 0.25) is 0 Å². The molecule has 1 aromatic heterocycles. The van der Waals surface area contributed by atoms with Gasteiger partial charge >= 0.3 is 6.18 Å². The highest BCUT2D eigenvalue weighted by Crippen LogP contribution is 2.41. The summed E-state index contributed by atoms with van der Waals surface area (Å²) in [5, 5.41) is 11.3. The maximum absolute atomic E-state index is 13.3. The minimum atomic E-state index is -4.56. The van der Waals surface area contributed by atoms with Gasteiger partial charge < -0.3 is 19.6 Å². The number of rotatable bonds is 4. The molecule has 3 aromatic rings. The van der Waals surface area contributed by atoms with Crippen LogP contribution in [0, 0.1) is 0 Å². The van der Waals surface area contributed by atoms with Crippen molar-refractivity contribution in [3.8, 4) is 5.75 Å². The van der Waals surface area contributed by atoms with Crippen molar-refractivity contribution in [3.05, 3.63) is 94.8 Å². The van der Waals surface area contributed by atoms with Crippen LogP contribution in [0.3, 0.4) is 0 Å². The fourth-order valence-electron chi connectivity index (χ4n) is 4.58. The summed E-state index contributed by atoms with van der Waals surface area (Å²) in [6.07, 6.45) is -3.08. The Morgan fingerprint density at radius 2 is 1.92 bits per heavy atom. The van der Waals surface area contributed by atoms with E-state index in [1.165, 1.54) is 18.3 Å². The number of ketones is 1. The maximum atomic E-state index is 13.3. The van der Waals surface area contributed by atoms with Crippen LogP contribution in [-0.4, -0.2) is 46.9 Å². The molecule has 0 spiro atoms. The first-order chi connectivity index (χ1) is 17.6. The zero-order chi connectivity index (χ0) is 26.3. The Bertz CT molecular complexity index is 1410. The maximum Gasteiger partial charge on any atom is 0.416 e. The van der Waals surface area contributed by atoms with Gasteiger partial charge in [0, 0.05) is 25.4 Å². The Labute approximate surface area is 210 Å². The topological polar surface area (TPSA) is 83.0 Å². The van der Waals surface area contributed by atoms with Gasteiger partial charge in [-0.1, -0.05) is 18.2 Å². The molecule has 2 aliphatic rings. The van der Waals surface area contributed by atoms with Gasteiger partial charge in [0.15, 0.2) is 0 Å². The highest BCUT2D eigenvalue weighted by atomic mass is 19.4. The van der Waals surface area contributed by atoms with E-state index in [-0.39, 0.29) is 17.7 Å². The lowest BCUT2D eigenvalue weighted by Crippen LogP contribution is -2.29. The zero-order valence-corrected chi connectivity index (χ0v) is 19.7. The lowest BCUT2D eigenvalue weighted by atomic mass is 9.97. The number of carbonyl (C=O) groups excluding carboxylic acids is 2. The second kappa shape index (κ2) is 9.27. The molecule has 5 rings (SSSR count). The highest BCUT2D eigenvalue weighted by molar-refractivity contribution is 6.46. The number of likely N-dealkylation sites (tertiary alicyclic amines) is 1. The van der Waals surface area contributed by atoms with Gasteiger partial charge in [-0.3, -0.25) is 14.6 Å². The number of ether oxygens (including phenoxy) is 1. The second-order valence-electron chi connectivity index (χ2n) is 8.83. The van der Waals surface area contributed by atoms with Crippen LogP contribution < -0.4 is 9.64 Å². The zero-order valence-electron chi connectivity index (χ0n) is 19.7. The molecule has 1 saturated heterocycles. The van der Waals surface area contributed by atoms with E-state index in [4.69, 9.17) is 4.74 Å². The smallest absolute Gasteiger partial charge is 0.416 e. The summed E-state index contributed by atoms with van der Waals surface area (Å²) in [4.78, 5) is 33.8. The minimum Gasteiger partial charge on any atom is -0.507 e. The summed E-state index contributed by atoms with van der Waals surface area (Å²) in [5.41, 5.74) is 0.446. The number of hydrogen-bond donors (Lipinski definition) is 1. The van der Waals surface area contributed by atoms with Gasteiger partial charge in [0.05, 0.1) is 29.1 Å². The number of anilines is 1. The molecule has 190 valence electrons. The number of alkyl halides is 3. The van der Waals surface area contributed by atoms with Gasteiger partial charge in [-0.15, -0.1) is 0 Å². The van der Waals surface area contributed by atoms with Crippen molar-refractivity contribution in [2.75, 3.05) is 25.1 Å². The number of carbonyl (C=O) groups is 2. The quantitative estimate of drug-likeness (QED) is 0.316. The summed E-state index contributed by atoms with van der Waals surface area (Å²) in [6.45, 7) is 0.856. The SMILES string of the molecule is CN1CCOc2ccc(/C(O)=C3/C(=O)C(=O)N(Cc4cccc(C(F)(F)F)c4)C3c3ccccn3)cc21. The molecule has 1 fully saturated rings. The molecule has 1 amide bonds. The first-order valence-corrected chi connectivity index (χ1v) is 11.5. The van der Waals surface area contributed by atoms with Crippen molar-refractivity contribution in [2.24, 2.45) is 0 Å². The molecule has 1 atom stereocenters. The molecule has 10 heteroatoms. The molecular weight excluding hydrogens is 487 g/mol. The number of nitrogens with zero attached hydrogens (tertiary/aromatic N) is 3. The normalized spacial score (nSPS) is 19.1. The number of pyridine rings is 1. The van der Waals surface area contributed by atoms with Crippen molar-refractivity contribution < 1.29 is 32.6 Å². The van der Waals surface area contributed by atoms with Crippen LogP contribution in [0.2, 0.25) is 0 Å². The fourth-order valence-corrected chi connectivity index (χ4v) is 4.58. The average Bonchev–Trinajstić information content (AvgIpc) is 3.13. The Morgan fingerprint density at radius 1 is 1.11 bits per heavy atom. The number of Topliss-reactive ketones (excluding diaryl/α,β-unsaturated/α-hetero) is 1. The first-order valence-electron chi connectivity index (χ1n) is 11.5. The van der Waals surface area contributed by atoms with Gasteiger partial charge in [-0.05, 0) is 48.0 Å². The van der Waals surface area contributed by atoms with Crippen LogP contribution in [0.25, 0.3) is 5.76 Å². The predicted molar refractivity (Wildman–Crippen MR) is 129 cm³/mol. The number of halogens is 3. The number of likely N-dealkylation sites (N-methyl/N-ethyl adjacent to an activating group) is 1. The van der Waals surface area contributed by atoms with Gasteiger partial charge in [0.25, 0.3) is 11.7 Å². The predicted octanol–water partition coefficient (Wildman–Crippen LogP) is 4.55. The van der Waals surface area contributed by atoms with Gasteiger partial charge in [-0.2, -0.15) is 13.2 Å². The van der Waals surface area contributed by atoms with E-state index in [0.29, 0.717) is 35.8 Å². The molecule has 1 N–H and O–H groups in total. The second-order valence-corrected chi connectivity index (χ2v) is 8.83. The van der Waals surface area contributed by atoms with E-state index < -0.39 is 35.2 Å². The number of benzene rings is 2. The molecule has 1 unspecified atom stereocenters. The molecule has 0 radical (unpaired) electrons. The number of amides is 1. The van der Waals surface area contributed by atoms with Crippen molar-refractivity contribution in [2.45, 2.75) is 18.8 Å². The summed E-state index contributed by atoms with van der Waals surface area (Å²) >= 11 is 0. The average molecular weight is 509 g/mol. The number of aromatic nitrogens is 1. The monoisotopic (exact) mass is 509 g/mol. The van der Waals surface area contributed by atoms with Crippen molar-refractivity contribution >= 4 is 23.1 Å². The molecule has 7 nitrogen and oxygen atoms in total. The Morgan fingerprint density at radius 3 is 2.65 bits per heavy atom. The van der Waals surface area contributed by atoms with E-state index in [9.17, 15) is 27.9 Å². The third kappa shape index (κ3) is 4.50. The van der Waals surface area contributed by atoms with Crippen molar-refractivity contribution in [1.29, 1.82) is 0 Å². The Hall–Kier alpha value is -4.34. The molecule has 3 heterocycles. The van der Waals surface area contributed by atoms with E-state index in [1.807, 2.05) is 11.9 Å². The summed E-state index contributed by atoms with van der Waals surface area (Å²) in [5.74, 6) is -1.66. The van der Waals surface area contributed by atoms with Crippen LogP contribution in [0.15, 0.2) is 72.4 Å². The van der Waals surface area contributed by atoms with Crippen LogP contribution in [0.5, 0.6) is 5.75 Å². The largest absolute Gasteiger partial charge is 0.507 e. The molecule has 37 heavy (non-hydrogen) atoms. The highest BCUT2D eigenvalue weighted by Gasteiger charge is 2.47. The van der Waals surface area contributed by atoms with Crippen LogP contribution in [0.4, 0.5) is 18.9 Å². The number of aliphatic hydroxyl groups is 1. The third-order valence-electron chi connectivity index (χ3n) is 6.44. The van der Waals surface area contributed by atoms with Crippen LogP contribution in [-0.2, 0) is 22.3 Å². The molecule has 0 saturated carbocycles. The minimum absolute atomic E-state index is 0.185. The van der Waals surface area contributed by atoms with E-state index in [0.717, 1.165) is 17.0 Å². The number of fused-ring (bicyclic) bond motifs is 1. The summed E-state index contributed by atoms with van der Waals surface area (Å²) < 4.78 is 45.4. The number of hydrogen-bond acceptors (Lipinski definition) is 6. The van der Waals surface area contributed by atoms with Crippen molar-refractivity contribution in [1.82, 2.24) is 9.88 Å². The van der Waals surface area contributed by atoms with E-state index >= 15 is 0 Å². The lowest BCUT2D eigenvalue weighted by Gasteiger charge is -2.28. The first kappa shape index (κ1) is 24.4. The molecule has 2 aromatic carbocycles. The van der Waals surface area contributed by atoms with Gasteiger partial charge in [-0.25, -0.2) is 0 Å². The molecule has 0 bridgehead atoms. The lowest BCUT2D eigenvalue weighted by molar-refractivity contribution is -0.140. The van der Waals surface area contributed by atoms with Crippen molar-refractivity contribution in [3.63, 3.8) is 0 Å². The van der Waals surface area contributed by atoms with Gasteiger partial charge in [0.1, 0.15) is 24.2 Å². The molecule has 2 aliphatic heterocycles. The molecule has 0 aliphatic carbocycles. The van der Waals surface area contributed by atoms with E-state index in [2.05, 4.69) is 4.98 Å². The standard InChI is InChI=1S/C27H22F3N3O4/c1-32-11-12-37-21-9-8-17(14-20(21)32)24(34)22-23(19-7-2-3-10-31-19)33(26(36)25(22)35)15-16-5-4-6-18(13-16)27(28,29)30/h2-10,13-14,23,34H,11-12,15H2,1H3/b24-22-. The number of aliphatic hydroxyl groups excluding tert-OH is 1. The van der Waals surface area contributed by atoms with E-state index in [1.54, 1.807) is 36.4 Å². The van der Waals surface area contributed by atoms with Crippen LogP contribution in [0.1, 0.15) is 28.4 Å². The summed E-state index contributed by atoms with van der Waals surface area (Å²) in [6, 6.07) is 13.3. The molecular formula is C27H22F3N3O4. The fraction of sp³-hybridized carbons (Fsp3) is 0.222. The Kier molecular flexibility index (Phi) is 6.10.